The van der Waals surface area contributed by atoms with E-state index in [4.69, 9.17) is 4.74 Å². The van der Waals surface area contributed by atoms with E-state index in [1.54, 1.807) is 0 Å². The molecule has 1 aromatic carbocycles. The van der Waals surface area contributed by atoms with E-state index in [1.165, 1.54) is 69.6 Å². The summed E-state index contributed by atoms with van der Waals surface area (Å²) in [7, 11) is 0. The molecular weight excluding hydrogens is 378 g/mol. The predicted octanol–water partition coefficient (Wildman–Crippen LogP) is 7.82. The molecule has 4 rings (SSSR count). The van der Waals surface area contributed by atoms with Gasteiger partial charge < -0.3 is 4.74 Å². The topological polar surface area (TPSA) is 9.23 Å². The minimum Gasteiger partial charge on any atom is -0.483 e. The number of allylic oxidation sites excluding steroid dienone is 1. The molecule has 0 spiro atoms. The molecule has 3 saturated carbocycles. The number of hydrogen-bond donors (Lipinski definition) is 0. The zero-order valence-electron chi connectivity index (χ0n) is 18.1. The largest absolute Gasteiger partial charge is 0.483 e. The molecule has 3 fully saturated rings. The first-order valence-corrected chi connectivity index (χ1v) is 11.9. The van der Waals surface area contributed by atoms with E-state index in [0.717, 1.165) is 48.0 Å². The highest BCUT2D eigenvalue weighted by Crippen LogP contribution is 2.50. The zero-order valence-corrected chi connectivity index (χ0v) is 18.1. The first-order valence-electron chi connectivity index (χ1n) is 11.9. The summed E-state index contributed by atoms with van der Waals surface area (Å²) in [6, 6.07) is 2.96. The van der Waals surface area contributed by atoms with E-state index in [0.29, 0.717) is 0 Å². The van der Waals surface area contributed by atoms with Gasteiger partial charge in [0.1, 0.15) is 6.61 Å². The molecule has 30 heavy (non-hydrogen) atoms. The quantitative estimate of drug-likeness (QED) is 0.431. The molecule has 3 heteroatoms. The predicted molar refractivity (Wildman–Crippen MR) is 119 cm³/mol. The summed E-state index contributed by atoms with van der Waals surface area (Å²) >= 11 is 0. The lowest BCUT2D eigenvalue weighted by Crippen LogP contribution is -2.34. The Balaban J connectivity index is 1.32. The molecule has 0 bridgehead atoms. The Labute approximate surface area is 180 Å². The van der Waals surface area contributed by atoms with Crippen LogP contribution in [0.2, 0.25) is 0 Å². The minimum atomic E-state index is -0.595. The van der Waals surface area contributed by atoms with Crippen molar-refractivity contribution in [3.63, 3.8) is 0 Å². The fourth-order valence-electron chi connectivity index (χ4n) is 6.62. The van der Waals surface area contributed by atoms with Crippen LogP contribution in [0.15, 0.2) is 37.4 Å². The second kappa shape index (κ2) is 9.66. The van der Waals surface area contributed by atoms with E-state index in [-0.39, 0.29) is 18.3 Å². The van der Waals surface area contributed by atoms with Crippen LogP contribution in [-0.2, 0) is 0 Å². The van der Waals surface area contributed by atoms with Crippen molar-refractivity contribution in [2.24, 2.45) is 29.6 Å². The summed E-state index contributed by atoms with van der Waals surface area (Å²) in [5, 5.41) is 0. The van der Waals surface area contributed by atoms with Crippen LogP contribution in [0.5, 0.6) is 5.75 Å². The van der Waals surface area contributed by atoms with Crippen molar-refractivity contribution >= 4 is 0 Å². The Bertz CT molecular complexity index is 726. The average Bonchev–Trinajstić information content (AvgIpc) is 2.78. The second-order valence-corrected chi connectivity index (χ2v) is 9.93. The summed E-state index contributed by atoms with van der Waals surface area (Å²) < 4.78 is 33.9. The Morgan fingerprint density at radius 3 is 2.00 bits per heavy atom. The monoisotopic (exact) mass is 414 g/mol. The molecule has 3 aliphatic carbocycles. The van der Waals surface area contributed by atoms with E-state index in [1.807, 2.05) is 0 Å². The molecule has 0 aromatic heterocycles. The Morgan fingerprint density at radius 1 is 0.800 bits per heavy atom. The molecule has 164 valence electrons. The average molecular weight is 415 g/mol. The van der Waals surface area contributed by atoms with Gasteiger partial charge in [0.25, 0.3) is 0 Å². The maximum atomic E-state index is 14.4. The third kappa shape index (κ3) is 4.65. The summed E-state index contributed by atoms with van der Waals surface area (Å²) in [5.41, 5.74) is 0.792. The molecule has 1 aromatic rings. The van der Waals surface area contributed by atoms with E-state index < -0.39 is 11.6 Å². The Kier molecular flexibility index (Phi) is 6.95. The van der Waals surface area contributed by atoms with Gasteiger partial charge in [-0.2, -0.15) is 0 Å². The van der Waals surface area contributed by atoms with E-state index >= 15 is 0 Å². The molecule has 0 aliphatic heterocycles. The number of ether oxygens (including phenoxy) is 1. The third-order valence-electron chi connectivity index (χ3n) is 8.30. The molecule has 0 N–H and O–H groups in total. The summed E-state index contributed by atoms with van der Waals surface area (Å²) in [6.45, 7) is 7.65. The van der Waals surface area contributed by atoms with Gasteiger partial charge in [-0.1, -0.05) is 18.7 Å². The number of rotatable bonds is 6. The maximum Gasteiger partial charge on any atom is 0.191 e. The molecule has 0 heterocycles. The second-order valence-electron chi connectivity index (χ2n) is 9.93. The normalized spacial score (nSPS) is 34.1. The molecule has 0 radical (unpaired) electrons. The van der Waals surface area contributed by atoms with Gasteiger partial charge in [0.2, 0.25) is 0 Å². The molecule has 4 atom stereocenters. The van der Waals surface area contributed by atoms with Crippen LogP contribution in [0, 0.1) is 41.2 Å². The van der Waals surface area contributed by atoms with Gasteiger partial charge in [-0.3, -0.25) is 0 Å². The minimum absolute atomic E-state index is 0.107. The summed E-state index contributed by atoms with van der Waals surface area (Å²) in [4.78, 5) is 0. The lowest BCUT2D eigenvalue weighted by molar-refractivity contribution is 0.0719. The van der Waals surface area contributed by atoms with Crippen molar-refractivity contribution in [1.82, 2.24) is 0 Å². The van der Waals surface area contributed by atoms with Crippen LogP contribution in [-0.4, -0.2) is 6.61 Å². The zero-order chi connectivity index (χ0) is 21.1. The molecule has 3 aliphatic rings. The molecule has 0 amide bonds. The highest BCUT2D eigenvalue weighted by atomic mass is 19.1. The van der Waals surface area contributed by atoms with Crippen molar-refractivity contribution in [1.29, 1.82) is 0 Å². The Hall–Kier alpha value is -1.64. The van der Waals surface area contributed by atoms with Gasteiger partial charge in [-0.15, -0.1) is 6.58 Å². The fourth-order valence-corrected chi connectivity index (χ4v) is 6.62. The first kappa shape index (κ1) is 21.6. The van der Waals surface area contributed by atoms with Gasteiger partial charge in [-0.05, 0) is 117 Å². The summed E-state index contributed by atoms with van der Waals surface area (Å²) in [5.74, 6) is 3.02. The van der Waals surface area contributed by atoms with Gasteiger partial charge in [0.05, 0.1) is 0 Å². The van der Waals surface area contributed by atoms with Gasteiger partial charge in [0.15, 0.2) is 17.4 Å². The molecule has 0 saturated heterocycles. The maximum absolute atomic E-state index is 14.4. The highest BCUT2D eigenvalue weighted by molar-refractivity contribution is 5.33. The van der Waals surface area contributed by atoms with Crippen LogP contribution in [0.25, 0.3) is 0 Å². The van der Waals surface area contributed by atoms with Crippen LogP contribution in [0.4, 0.5) is 8.78 Å². The van der Waals surface area contributed by atoms with Crippen molar-refractivity contribution in [3.05, 3.63) is 54.6 Å². The van der Waals surface area contributed by atoms with Gasteiger partial charge in [-0.25, -0.2) is 8.78 Å². The molecular formula is C27H36F2O. The van der Waals surface area contributed by atoms with Crippen LogP contribution in [0.3, 0.4) is 0 Å². The van der Waals surface area contributed by atoms with Crippen molar-refractivity contribution in [3.8, 4) is 5.75 Å². The molecule has 1 nitrogen and oxygen atoms in total. The number of hydrogen-bond acceptors (Lipinski definition) is 1. The van der Waals surface area contributed by atoms with Crippen LogP contribution < -0.4 is 4.74 Å². The SMILES string of the molecule is C=CCOc1c(F)cc(C2CCC(C3CCC4CC(C=C)CCC4C3)CC2)cc1F. The number of halogens is 2. The third-order valence-corrected chi connectivity index (χ3v) is 8.30. The molecule has 4 unspecified atom stereocenters. The first-order chi connectivity index (χ1) is 14.6. The lowest BCUT2D eigenvalue weighted by Gasteiger charge is -2.45. The van der Waals surface area contributed by atoms with Gasteiger partial charge in [0, 0.05) is 0 Å². The van der Waals surface area contributed by atoms with Crippen molar-refractivity contribution < 1.29 is 13.5 Å². The summed E-state index contributed by atoms with van der Waals surface area (Å²) in [6.07, 6.45) is 16.4. The number of fused-ring (bicyclic) bond motifs is 1. The van der Waals surface area contributed by atoms with Crippen LogP contribution in [0.1, 0.15) is 75.7 Å². The Morgan fingerprint density at radius 2 is 1.37 bits per heavy atom. The lowest BCUT2D eigenvalue weighted by atomic mass is 9.61. The highest BCUT2D eigenvalue weighted by Gasteiger charge is 2.38. The smallest absolute Gasteiger partial charge is 0.191 e. The van der Waals surface area contributed by atoms with Gasteiger partial charge >= 0.3 is 0 Å². The van der Waals surface area contributed by atoms with Crippen molar-refractivity contribution in [2.75, 3.05) is 6.61 Å². The standard InChI is InChI=1S/C27H36F2O/c1-3-13-30-27-25(28)16-24(17-26(27)29)20-9-7-19(8-10-20)22-12-11-21-14-18(4-2)5-6-23(21)15-22/h3-4,16-23H,1-2,5-15H2. The number of benzene rings is 1. The van der Waals surface area contributed by atoms with Crippen LogP contribution >= 0.6 is 0 Å². The fraction of sp³-hybridized carbons (Fsp3) is 0.630. The van der Waals surface area contributed by atoms with E-state index in [9.17, 15) is 8.78 Å². The van der Waals surface area contributed by atoms with Crippen molar-refractivity contribution in [2.45, 2.75) is 70.1 Å². The van der Waals surface area contributed by atoms with E-state index in [2.05, 4.69) is 19.2 Å².